The van der Waals surface area contributed by atoms with Gasteiger partial charge in [0.05, 0.1) is 16.7 Å². The molecule has 2 aromatic rings. The van der Waals surface area contributed by atoms with Crippen molar-refractivity contribution in [2.24, 2.45) is 0 Å². The fraction of sp³-hybridized carbons (Fsp3) is 0. The number of hydrogen-bond donors (Lipinski definition) is 1. The second-order valence-corrected chi connectivity index (χ2v) is 3.78. The fourth-order valence-electron chi connectivity index (χ4n) is 1.13. The summed E-state index contributed by atoms with van der Waals surface area (Å²) in [7, 11) is 0. The van der Waals surface area contributed by atoms with E-state index in [-0.39, 0.29) is 15.7 Å². The molecule has 0 aliphatic heterocycles. The Balaban J connectivity index is 2.42. The molecule has 0 saturated heterocycles. The number of oxazole rings is 1. The highest BCUT2D eigenvalue weighted by molar-refractivity contribution is 7.99. The maximum absolute atomic E-state index is 13.4. The van der Waals surface area contributed by atoms with Gasteiger partial charge >= 0.3 is 5.97 Å². The molecule has 0 radical (unpaired) electrons. The van der Waals surface area contributed by atoms with E-state index >= 15 is 0 Å². The number of rotatable bonds is 3. The highest BCUT2D eigenvalue weighted by Crippen LogP contribution is 2.31. The topological polar surface area (TPSA) is 63.3 Å². The predicted molar refractivity (Wildman–Crippen MR) is 54.0 cm³/mol. The van der Waals surface area contributed by atoms with Crippen LogP contribution in [0.25, 0.3) is 0 Å². The zero-order chi connectivity index (χ0) is 11.5. The first kappa shape index (κ1) is 10.7. The number of nitrogens with zero attached hydrogens (tertiary/aromatic N) is 1. The van der Waals surface area contributed by atoms with Gasteiger partial charge in [-0.15, -0.1) is 0 Å². The first-order chi connectivity index (χ1) is 7.68. The average molecular weight is 239 g/mol. The van der Waals surface area contributed by atoms with E-state index in [4.69, 9.17) is 9.52 Å². The van der Waals surface area contributed by atoms with Crippen LogP contribution in [0.2, 0.25) is 0 Å². The Morgan fingerprint density at radius 3 is 2.94 bits per heavy atom. The van der Waals surface area contributed by atoms with Crippen molar-refractivity contribution in [2.45, 2.75) is 10.1 Å². The molecule has 1 N–H and O–H groups in total. The van der Waals surface area contributed by atoms with E-state index in [1.54, 1.807) is 0 Å². The molecule has 0 atom stereocenters. The lowest BCUT2D eigenvalue weighted by molar-refractivity contribution is 0.0692. The Labute approximate surface area is 94.1 Å². The lowest BCUT2D eigenvalue weighted by Crippen LogP contribution is -2.00. The number of carboxylic acid groups (broad SMARTS) is 1. The van der Waals surface area contributed by atoms with Gasteiger partial charge in [-0.25, -0.2) is 14.2 Å². The number of halogens is 1. The Bertz CT molecular complexity index is 513. The van der Waals surface area contributed by atoms with Crippen molar-refractivity contribution in [2.75, 3.05) is 0 Å². The highest BCUT2D eigenvalue weighted by atomic mass is 32.2. The number of carbonyl (C=O) groups is 1. The molecule has 0 amide bonds. The molecule has 0 aliphatic rings. The molecule has 0 aliphatic carbocycles. The summed E-state index contributed by atoms with van der Waals surface area (Å²) in [4.78, 5) is 14.7. The number of hydrogen-bond acceptors (Lipinski definition) is 4. The summed E-state index contributed by atoms with van der Waals surface area (Å²) in [6.45, 7) is 0. The first-order valence-corrected chi connectivity index (χ1v) is 5.09. The van der Waals surface area contributed by atoms with Crippen LogP contribution in [-0.4, -0.2) is 16.1 Å². The van der Waals surface area contributed by atoms with Crippen molar-refractivity contribution in [1.82, 2.24) is 4.98 Å². The van der Waals surface area contributed by atoms with Crippen molar-refractivity contribution in [3.63, 3.8) is 0 Å². The van der Waals surface area contributed by atoms with Crippen LogP contribution in [0.3, 0.4) is 0 Å². The molecule has 2 rings (SSSR count). The SMILES string of the molecule is O=C(O)c1cccc(F)c1Sc1ncco1. The maximum atomic E-state index is 13.4. The summed E-state index contributed by atoms with van der Waals surface area (Å²) < 4.78 is 18.4. The Morgan fingerprint density at radius 2 is 2.31 bits per heavy atom. The van der Waals surface area contributed by atoms with Crippen molar-refractivity contribution in [3.05, 3.63) is 42.0 Å². The minimum Gasteiger partial charge on any atom is -0.478 e. The van der Waals surface area contributed by atoms with Gasteiger partial charge in [-0.2, -0.15) is 0 Å². The summed E-state index contributed by atoms with van der Waals surface area (Å²) in [5.74, 6) is -1.79. The van der Waals surface area contributed by atoms with Crippen LogP contribution in [-0.2, 0) is 0 Å². The molecule has 6 heteroatoms. The van der Waals surface area contributed by atoms with E-state index in [1.807, 2.05) is 0 Å². The summed E-state index contributed by atoms with van der Waals surface area (Å²) in [5.41, 5.74) is -0.108. The molecule has 0 unspecified atom stereocenters. The standard InChI is InChI=1S/C10H6FNO3S/c11-7-3-1-2-6(9(13)14)8(7)16-10-12-4-5-15-10/h1-5H,(H,13,14). The zero-order valence-electron chi connectivity index (χ0n) is 7.88. The Kier molecular flexibility index (Phi) is 2.91. The fourth-order valence-corrected chi connectivity index (χ4v) is 1.95. The van der Waals surface area contributed by atoms with Gasteiger partial charge in [0.2, 0.25) is 0 Å². The smallest absolute Gasteiger partial charge is 0.336 e. The average Bonchev–Trinajstić information content (AvgIpc) is 2.73. The van der Waals surface area contributed by atoms with Crippen molar-refractivity contribution >= 4 is 17.7 Å². The second kappa shape index (κ2) is 4.36. The van der Waals surface area contributed by atoms with Crippen LogP contribution < -0.4 is 0 Å². The largest absolute Gasteiger partial charge is 0.478 e. The first-order valence-electron chi connectivity index (χ1n) is 4.27. The number of aromatic nitrogens is 1. The van der Waals surface area contributed by atoms with Crippen LogP contribution in [0.5, 0.6) is 0 Å². The molecule has 4 nitrogen and oxygen atoms in total. The van der Waals surface area contributed by atoms with Gasteiger partial charge in [0.15, 0.2) is 0 Å². The maximum Gasteiger partial charge on any atom is 0.336 e. The molecule has 1 aromatic carbocycles. The summed E-state index contributed by atoms with van der Waals surface area (Å²) in [6.07, 6.45) is 2.74. The van der Waals surface area contributed by atoms with E-state index in [1.165, 1.54) is 30.7 Å². The second-order valence-electron chi connectivity index (χ2n) is 2.82. The molecule has 0 saturated carbocycles. The molecule has 0 spiro atoms. The van der Waals surface area contributed by atoms with E-state index in [0.717, 1.165) is 11.8 Å². The van der Waals surface area contributed by atoms with Crippen molar-refractivity contribution in [1.29, 1.82) is 0 Å². The van der Waals surface area contributed by atoms with Gasteiger partial charge in [0.25, 0.3) is 5.22 Å². The molecule has 0 fully saturated rings. The van der Waals surface area contributed by atoms with Gasteiger partial charge in [-0.05, 0) is 23.9 Å². The number of aromatic carboxylic acids is 1. The summed E-state index contributed by atoms with van der Waals surface area (Å²) in [5, 5.41) is 9.09. The van der Waals surface area contributed by atoms with E-state index in [2.05, 4.69) is 4.98 Å². The Hall–Kier alpha value is -1.82. The predicted octanol–water partition coefficient (Wildman–Crippen LogP) is 2.66. The minimum absolute atomic E-state index is 0.00236. The molecular formula is C10H6FNO3S. The summed E-state index contributed by atoms with van der Waals surface area (Å²) >= 11 is 0.842. The van der Waals surface area contributed by atoms with Gasteiger partial charge < -0.3 is 9.52 Å². The lowest BCUT2D eigenvalue weighted by Gasteiger charge is -2.03. The molecule has 1 heterocycles. The van der Waals surface area contributed by atoms with Crippen LogP contribution >= 0.6 is 11.8 Å². The normalized spacial score (nSPS) is 10.3. The molecule has 82 valence electrons. The van der Waals surface area contributed by atoms with E-state index < -0.39 is 11.8 Å². The van der Waals surface area contributed by atoms with Crippen molar-refractivity contribution in [3.8, 4) is 0 Å². The van der Waals surface area contributed by atoms with Crippen LogP contribution in [0.15, 0.2) is 45.2 Å². The van der Waals surface area contributed by atoms with Gasteiger partial charge in [0, 0.05) is 0 Å². The van der Waals surface area contributed by atoms with Crippen LogP contribution in [0.4, 0.5) is 4.39 Å². The van der Waals surface area contributed by atoms with Gasteiger partial charge in [0.1, 0.15) is 12.1 Å². The third-order valence-electron chi connectivity index (χ3n) is 1.80. The molecule has 16 heavy (non-hydrogen) atoms. The van der Waals surface area contributed by atoms with Crippen LogP contribution in [0, 0.1) is 5.82 Å². The third kappa shape index (κ3) is 2.06. The molecule has 0 bridgehead atoms. The third-order valence-corrected chi connectivity index (χ3v) is 2.79. The number of benzene rings is 1. The van der Waals surface area contributed by atoms with Crippen molar-refractivity contribution < 1.29 is 18.7 Å². The van der Waals surface area contributed by atoms with Crippen LogP contribution in [0.1, 0.15) is 10.4 Å². The highest BCUT2D eigenvalue weighted by Gasteiger charge is 2.16. The molecular weight excluding hydrogens is 233 g/mol. The summed E-state index contributed by atoms with van der Waals surface area (Å²) in [6, 6.07) is 3.87. The lowest BCUT2D eigenvalue weighted by atomic mass is 10.2. The molecule has 1 aromatic heterocycles. The van der Waals surface area contributed by atoms with E-state index in [0.29, 0.717) is 0 Å². The minimum atomic E-state index is -1.19. The Morgan fingerprint density at radius 1 is 1.50 bits per heavy atom. The zero-order valence-corrected chi connectivity index (χ0v) is 8.70. The monoisotopic (exact) mass is 239 g/mol. The van der Waals surface area contributed by atoms with E-state index in [9.17, 15) is 9.18 Å². The number of carboxylic acids is 1. The quantitative estimate of drug-likeness (QED) is 0.892. The van der Waals surface area contributed by atoms with Gasteiger partial charge in [-0.3, -0.25) is 0 Å². The van der Waals surface area contributed by atoms with Gasteiger partial charge in [-0.1, -0.05) is 6.07 Å².